The van der Waals surface area contributed by atoms with Crippen LogP contribution >= 0.6 is 0 Å². The molecular weight excluding hydrogens is 581 g/mol. The Morgan fingerprint density at radius 3 is 2.45 bits per heavy atom. The average Bonchev–Trinajstić information content (AvgIpc) is 3.04. The highest BCUT2D eigenvalue weighted by Gasteiger charge is 2.59. The minimum Gasteiger partial charge on any atom is -0.456 e. The fourth-order valence-corrected chi connectivity index (χ4v) is 8.73. The van der Waals surface area contributed by atoms with E-state index in [0.717, 1.165) is 25.1 Å². The molecule has 0 radical (unpaired) electrons. The van der Waals surface area contributed by atoms with Gasteiger partial charge in [-0.25, -0.2) is 30.9 Å². The molecule has 2 aliphatic rings. The lowest BCUT2D eigenvalue weighted by Crippen LogP contribution is -2.63. The van der Waals surface area contributed by atoms with E-state index in [1.54, 1.807) is 45.0 Å². The van der Waals surface area contributed by atoms with Crippen LogP contribution in [0.15, 0.2) is 53.5 Å². The van der Waals surface area contributed by atoms with Gasteiger partial charge in [0.15, 0.2) is 4.75 Å². The summed E-state index contributed by atoms with van der Waals surface area (Å²) in [6.45, 7) is 6.10. The normalized spacial score (nSPS) is 26.3. The fourth-order valence-electron chi connectivity index (χ4n) is 5.88. The summed E-state index contributed by atoms with van der Waals surface area (Å²) in [7, 11) is -7.22. The summed E-state index contributed by atoms with van der Waals surface area (Å²) >= 11 is 0. The van der Waals surface area contributed by atoms with Crippen molar-refractivity contribution in [3.05, 3.63) is 65.5 Å². The molecule has 2 fully saturated rings. The maximum absolute atomic E-state index is 14.5. The summed E-state index contributed by atoms with van der Waals surface area (Å²) < 4.78 is 74.0. The average molecular weight is 624 g/mol. The van der Waals surface area contributed by atoms with E-state index < -0.39 is 42.1 Å². The van der Waals surface area contributed by atoms with Gasteiger partial charge in [0.1, 0.15) is 21.3 Å². The van der Waals surface area contributed by atoms with Gasteiger partial charge in [-0.3, -0.25) is 0 Å². The summed E-state index contributed by atoms with van der Waals surface area (Å²) in [6, 6.07) is 12.3. The SMILES string of the molecule is CC1(C)OC(=NC(CCO)c2ccccc2F)NS(=O)(=O)C1(C)c1cccc(N2CCCCC(S(C)(=O)=O)CCC2)c1. The minimum absolute atomic E-state index is 0.0794. The summed E-state index contributed by atoms with van der Waals surface area (Å²) in [4.78, 5) is 6.59. The number of aliphatic hydroxyl groups is 1. The number of anilines is 1. The van der Waals surface area contributed by atoms with Gasteiger partial charge < -0.3 is 14.7 Å². The van der Waals surface area contributed by atoms with Crippen LogP contribution in [0.1, 0.15) is 76.5 Å². The maximum Gasteiger partial charge on any atom is 0.299 e. The third-order valence-corrected chi connectivity index (χ3v) is 12.7. The summed E-state index contributed by atoms with van der Waals surface area (Å²) in [5.74, 6) is -0.508. The molecule has 9 nitrogen and oxygen atoms in total. The van der Waals surface area contributed by atoms with Crippen LogP contribution < -0.4 is 9.62 Å². The topological polar surface area (TPSA) is 125 Å². The number of benzene rings is 2. The predicted molar refractivity (Wildman–Crippen MR) is 163 cm³/mol. The van der Waals surface area contributed by atoms with Crippen LogP contribution in [0, 0.1) is 5.82 Å². The molecule has 2 aliphatic heterocycles. The van der Waals surface area contributed by atoms with Crippen molar-refractivity contribution in [3.63, 3.8) is 0 Å². The molecule has 3 unspecified atom stereocenters. The maximum atomic E-state index is 14.5. The van der Waals surface area contributed by atoms with Gasteiger partial charge in [0.05, 0.1) is 11.3 Å². The second-order valence-corrected chi connectivity index (χ2v) is 16.2. The van der Waals surface area contributed by atoms with Gasteiger partial charge in [-0.2, -0.15) is 0 Å². The molecule has 0 amide bonds. The fraction of sp³-hybridized carbons (Fsp3) is 0.567. The zero-order chi connectivity index (χ0) is 30.8. The van der Waals surface area contributed by atoms with Crippen molar-refractivity contribution in [2.45, 2.75) is 80.9 Å². The number of nitrogens with one attached hydrogen (secondary N) is 1. The number of amidine groups is 1. The molecule has 232 valence electrons. The van der Waals surface area contributed by atoms with Gasteiger partial charge in [-0.05, 0) is 76.6 Å². The van der Waals surface area contributed by atoms with Gasteiger partial charge in [0.25, 0.3) is 6.02 Å². The lowest BCUT2D eigenvalue weighted by molar-refractivity contribution is 0.0381. The highest BCUT2D eigenvalue weighted by atomic mass is 32.2. The largest absolute Gasteiger partial charge is 0.456 e. The van der Waals surface area contributed by atoms with E-state index in [1.165, 1.54) is 12.3 Å². The van der Waals surface area contributed by atoms with Crippen molar-refractivity contribution in [3.8, 4) is 0 Å². The molecule has 2 aromatic carbocycles. The second-order valence-electron chi connectivity index (χ2n) is 11.9. The Hall–Kier alpha value is -2.70. The molecule has 0 saturated carbocycles. The summed E-state index contributed by atoms with van der Waals surface area (Å²) in [6.07, 6.45) is 4.98. The molecule has 42 heavy (non-hydrogen) atoms. The van der Waals surface area contributed by atoms with E-state index in [1.807, 2.05) is 18.2 Å². The number of rotatable bonds is 7. The van der Waals surface area contributed by atoms with Crippen molar-refractivity contribution in [2.75, 3.05) is 30.9 Å². The number of nitrogens with zero attached hydrogens (tertiary/aromatic N) is 2. The van der Waals surface area contributed by atoms with Gasteiger partial charge in [-0.15, -0.1) is 0 Å². The van der Waals surface area contributed by atoms with Gasteiger partial charge >= 0.3 is 0 Å². The smallest absolute Gasteiger partial charge is 0.299 e. The molecule has 3 atom stereocenters. The Morgan fingerprint density at radius 1 is 1.10 bits per heavy atom. The minimum atomic E-state index is -4.12. The molecule has 2 N–H and O–H groups in total. The van der Waals surface area contributed by atoms with Crippen LogP contribution in [-0.4, -0.2) is 64.8 Å². The molecule has 2 heterocycles. The van der Waals surface area contributed by atoms with Gasteiger partial charge in [0.2, 0.25) is 10.0 Å². The Labute approximate surface area is 249 Å². The number of sulfonamides is 1. The van der Waals surface area contributed by atoms with Crippen LogP contribution in [0.4, 0.5) is 10.1 Å². The van der Waals surface area contributed by atoms with Crippen LogP contribution in [-0.2, 0) is 29.3 Å². The van der Waals surface area contributed by atoms with E-state index in [2.05, 4.69) is 14.6 Å². The number of sulfone groups is 1. The Bertz CT molecular complexity index is 1510. The van der Waals surface area contributed by atoms with Gasteiger partial charge in [0, 0.05) is 37.2 Å². The van der Waals surface area contributed by atoms with Crippen LogP contribution in [0.2, 0.25) is 0 Å². The molecule has 2 saturated heterocycles. The second kappa shape index (κ2) is 12.5. The first-order valence-electron chi connectivity index (χ1n) is 14.4. The Balaban J connectivity index is 1.63. The molecule has 0 aliphatic carbocycles. The van der Waals surface area contributed by atoms with E-state index in [4.69, 9.17) is 4.74 Å². The van der Waals surface area contributed by atoms with Crippen molar-refractivity contribution in [2.24, 2.45) is 4.99 Å². The molecule has 0 bridgehead atoms. The van der Waals surface area contributed by atoms with Gasteiger partial charge in [-0.1, -0.05) is 36.8 Å². The Morgan fingerprint density at radius 2 is 1.79 bits per heavy atom. The number of ether oxygens (including phenoxy) is 1. The van der Waals surface area contributed by atoms with Crippen molar-refractivity contribution in [1.29, 1.82) is 0 Å². The number of aliphatic hydroxyl groups excluding tert-OH is 1. The first-order chi connectivity index (χ1) is 19.7. The van der Waals surface area contributed by atoms with E-state index >= 15 is 0 Å². The first kappa shape index (κ1) is 32.2. The molecule has 0 aromatic heterocycles. The number of hydrogen-bond acceptors (Lipinski definition) is 8. The highest BCUT2D eigenvalue weighted by molar-refractivity contribution is 7.91. The third kappa shape index (κ3) is 6.60. The van der Waals surface area contributed by atoms with Crippen LogP contribution in [0.25, 0.3) is 0 Å². The third-order valence-electron chi connectivity index (χ3n) is 8.73. The Kier molecular flexibility index (Phi) is 9.59. The lowest BCUT2D eigenvalue weighted by Gasteiger charge is -2.47. The molecule has 0 spiro atoms. The monoisotopic (exact) mass is 623 g/mol. The highest BCUT2D eigenvalue weighted by Crippen LogP contribution is 2.45. The predicted octanol–water partition coefficient (Wildman–Crippen LogP) is 4.43. The van der Waals surface area contributed by atoms with E-state index in [0.29, 0.717) is 31.4 Å². The lowest BCUT2D eigenvalue weighted by atomic mass is 9.84. The molecule has 12 heteroatoms. The molecular formula is C30H42FN3O6S2. The van der Waals surface area contributed by atoms with Crippen molar-refractivity contribution >= 4 is 31.6 Å². The van der Waals surface area contributed by atoms with Crippen molar-refractivity contribution < 1.29 is 31.1 Å². The molecule has 2 aromatic rings. The quantitative estimate of drug-likeness (QED) is 0.468. The van der Waals surface area contributed by atoms with E-state index in [9.17, 15) is 26.3 Å². The van der Waals surface area contributed by atoms with Crippen LogP contribution in [0.5, 0.6) is 0 Å². The first-order valence-corrected chi connectivity index (χ1v) is 17.8. The molecule has 4 rings (SSSR count). The van der Waals surface area contributed by atoms with E-state index in [-0.39, 0.29) is 29.9 Å². The number of halogens is 1. The standard InChI is InChI=1S/C30H42FN3O6S2/c1-29(2)30(3,42(38,39)33-28(40-29)32-27(17-20-35)25-15-5-6-16-26(25)31)22-11-9-12-23(21-22)34-18-8-7-13-24(14-10-19-34)41(4,36)37/h5-6,9,11-12,15-16,21,24,27,35H,7-8,10,13-14,17-20H2,1-4H3,(H,32,33). The van der Waals surface area contributed by atoms with Crippen molar-refractivity contribution in [1.82, 2.24) is 4.72 Å². The summed E-state index contributed by atoms with van der Waals surface area (Å²) in [5.41, 5.74) is 0.336. The number of aliphatic imine (C=N–C) groups is 1. The summed E-state index contributed by atoms with van der Waals surface area (Å²) in [5, 5.41) is 9.26. The zero-order valence-corrected chi connectivity index (χ0v) is 26.3. The number of hydrogen-bond donors (Lipinski definition) is 2. The van der Waals surface area contributed by atoms with Crippen LogP contribution in [0.3, 0.4) is 0 Å². The zero-order valence-electron chi connectivity index (χ0n) is 24.7.